The lowest BCUT2D eigenvalue weighted by molar-refractivity contribution is 0.128. The summed E-state index contributed by atoms with van der Waals surface area (Å²) >= 11 is 0. The maximum absolute atomic E-state index is 9.92. The monoisotopic (exact) mass is 280 g/mol. The van der Waals surface area contributed by atoms with Crippen molar-refractivity contribution in [2.75, 3.05) is 32.8 Å². The van der Waals surface area contributed by atoms with E-state index in [2.05, 4.69) is 42.3 Å². The molecule has 1 aromatic rings. The van der Waals surface area contributed by atoms with E-state index in [0.29, 0.717) is 0 Å². The van der Waals surface area contributed by atoms with Crippen molar-refractivity contribution in [2.45, 2.75) is 38.6 Å². The van der Waals surface area contributed by atoms with Gasteiger partial charge in [-0.1, -0.05) is 20.8 Å². The van der Waals surface area contributed by atoms with Crippen LogP contribution in [0.4, 0.5) is 0 Å². The average molecular weight is 280 g/mol. The van der Waals surface area contributed by atoms with E-state index in [-0.39, 0.29) is 18.1 Å². The van der Waals surface area contributed by atoms with Crippen LogP contribution in [0.5, 0.6) is 0 Å². The van der Waals surface area contributed by atoms with E-state index >= 15 is 0 Å². The van der Waals surface area contributed by atoms with Gasteiger partial charge < -0.3 is 10.4 Å². The van der Waals surface area contributed by atoms with E-state index in [1.807, 2.05) is 11.7 Å². The van der Waals surface area contributed by atoms with Gasteiger partial charge in [-0.3, -0.25) is 9.58 Å². The van der Waals surface area contributed by atoms with Crippen LogP contribution in [0.15, 0.2) is 6.20 Å². The van der Waals surface area contributed by atoms with Crippen LogP contribution in [0.3, 0.4) is 0 Å². The highest BCUT2D eigenvalue weighted by Gasteiger charge is 2.29. The predicted octanol–water partition coefficient (Wildman–Crippen LogP) is 1.05. The number of nitrogens with one attached hydrogen (secondary N) is 1. The van der Waals surface area contributed by atoms with Crippen LogP contribution in [-0.4, -0.2) is 52.6 Å². The van der Waals surface area contributed by atoms with Crippen molar-refractivity contribution in [3.05, 3.63) is 17.5 Å². The highest BCUT2D eigenvalue weighted by molar-refractivity contribution is 5.27. The second-order valence-electron chi connectivity index (χ2n) is 6.69. The number of aliphatic hydroxyl groups excluding tert-OH is 1. The van der Waals surface area contributed by atoms with Crippen LogP contribution in [0.1, 0.15) is 44.5 Å². The summed E-state index contributed by atoms with van der Waals surface area (Å²) < 4.78 is 1.87. The Hall–Kier alpha value is -0.910. The van der Waals surface area contributed by atoms with Crippen LogP contribution in [-0.2, 0) is 12.5 Å². The lowest BCUT2D eigenvalue weighted by atomic mass is 9.87. The third-order valence-corrected chi connectivity index (χ3v) is 3.91. The van der Waals surface area contributed by atoms with Gasteiger partial charge in [0.2, 0.25) is 0 Å². The van der Waals surface area contributed by atoms with Gasteiger partial charge in [-0.15, -0.1) is 0 Å². The molecule has 1 aliphatic heterocycles. The summed E-state index contributed by atoms with van der Waals surface area (Å²) in [5, 5.41) is 18.0. The first-order chi connectivity index (χ1) is 9.43. The summed E-state index contributed by atoms with van der Waals surface area (Å²) in [5.74, 6) is 0. The van der Waals surface area contributed by atoms with Gasteiger partial charge >= 0.3 is 0 Å². The molecule has 5 nitrogen and oxygen atoms in total. The maximum Gasteiger partial charge on any atom is 0.0726 e. The Bertz CT molecular complexity index is 428. The smallest absolute Gasteiger partial charge is 0.0726 e. The van der Waals surface area contributed by atoms with Crippen molar-refractivity contribution in [3.8, 4) is 0 Å². The van der Waals surface area contributed by atoms with Crippen molar-refractivity contribution in [3.63, 3.8) is 0 Å². The van der Waals surface area contributed by atoms with E-state index in [9.17, 15) is 5.11 Å². The summed E-state index contributed by atoms with van der Waals surface area (Å²) in [6, 6.07) is 0.0535. The minimum absolute atomic E-state index is 0.00584. The first-order valence-corrected chi connectivity index (χ1v) is 7.53. The van der Waals surface area contributed by atoms with Gasteiger partial charge in [0.15, 0.2) is 0 Å². The summed E-state index contributed by atoms with van der Waals surface area (Å²) in [6.07, 6.45) is 3.20. The normalized spacial score (nSPS) is 19.9. The van der Waals surface area contributed by atoms with Gasteiger partial charge in [-0.2, -0.15) is 5.10 Å². The fourth-order valence-electron chi connectivity index (χ4n) is 2.92. The molecule has 1 fully saturated rings. The molecule has 0 saturated carbocycles. The molecule has 1 aromatic heterocycles. The first-order valence-electron chi connectivity index (χ1n) is 7.53. The molecule has 2 heterocycles. The molecule has 5 heteroatoms. The van der Waals surface area contributed by atoms with Crippen LogP contribution in [0.2, 0.25) is 0 Å². The molecular weight excluding hydrogens is 252 g/mol. The second kappa shape index (κ2) is 6.24. The molecule has 0 radical (unpaired) electrons. The fraction of sp³-hybridized carbons (Fsp3) is 0.800. The number of hydrogen-bond acceptors (Lipinski definition) is 4. The molecule has 1 unspecified atom stereocenters. The molecule has 0 aromatic carbocycles. The number of hydrogen-bond donors (Lipinski definition) is 2. The Morgan fingerprint density at radius 3 is 2.75 bits per heavy atom. The SMILES string of the molecule is Cn1cc(C(CO)N2CCCNCC2)c(C(C)(C)C)n1. The fourth-order valence-corrected chi connectivity index (χ4v) is 2.92. The number of aliphatic hydroxyl groups is 1. The molecule has 2 rings (SSSR count). The zero-order chi connectivity index (χ0) is 14.8. The lowest BCUT2D eigenvalue weighted by Crippen LogP contribution is -2.35. The minimum Gasteiger partial charge on any atom is -0.394 e. The zero-order valence-corrected chi connectivity index (χ0v) is 13.2. The van der Waals surface area contributed by atoms with Gasteiger partial charge in [-0.25, -0.2) is 0 Å². The highest BCUT2D eigenvalue weighted by atomic mass is 16.3. The Morgan fingerprint density at radius 1 is 1.35 bits per heavy atom. The van der Waals surface area contributed by atoms with Gasteiger partial charge in [0.05, 0.1) is 18.3 Å². The van der Waals surface area contributed by atoms with Crippen molar-refractivity contribution >= 4 is 0 Å². The second-order valence-corrected chi connectivity index (χ2v) is 6.69. The van der Waals surface area contributed by atoms with E-state index in [1.54, 1.807) is 0 Å². The maximum atomic E-state index is 9.92. The topological polar surface area (TPSA) is 53.3 Å². The average Bonchev–Trinajstić information content (AvgIpc) is 2.61. The van der Waals surface area contributed by atoms with Crippen LogP contribution in [0, 0.1) is 0 Å². The number of aryl methyl sites for hydroxylation is 1. The van der Waals surface area contributed by atoms with E-state index in [0.717, 1.165) is 38.3 Å². The summed E-state index contributed by atoms with van der Waals surface area (Å²) in [4.78, 5) is 2.38. The van der Waals surface area contributed by atoms with Gasteiger partial charge in [-0.05, 0) is 13.0 Å². The first kappa shape index (κ1) is 15.5. The summed E-state index contributed by atoms with van der Waals surface area (Å²) in [5.41, 5.74) is 2.26. The van der Waals surface area contributed by atoms with Crippen molar-refractivity contribution < 1.29 is 5.11 Å². The molecule has 20 heavy (non-hydrogen) atoms. The zero-order valence-electron chi connectivity index (χ0n) is 13.2. The van der Waals surface area contributed by atoms with E-state index < -0.39 is 0 Å². The van der Waals surface area contributed by atoms with Crippen molar-refractivity contribution in [2.24, 2.45) is 7.05 Å². The lowest BCUT2D eigenvalue weighted by Gasteiger charge is -2.30. The molecule has 0 spiro atoms. The van der Waals surface area contributed by atoms with Gasteiger partial charge in [0, 0.05) is 43.9 Å². The Labute approximate surface area is 122 Å². The molecule has 114 valence electrons. The Balaban J connectivity index is 2.31. The Kier molecular flexibility index (Phi) is 4.83. The largest absolute Gasteiger partial charge is 0.394 e. The molecule has 1 atom stereocenters. The summed E-state index contributed by atoms with van der Waals surface area (Å²) in [6.45, 7) is 10.7. The molecule has 1 saturated heterocycles. The molecule has 0 bridgehead atoms. The quantitative estimate of drug-likeness (QED) is 0.869. The van der Waals surface area contributed by atoms with Gasteiger partial charge in [0.1, 0.15) is 0 Å². The number of rotatable bonds is 3. The number of aromatic nitrogens is 2. The van der Waals surface area contributed by atoms with Crippen molar-refractivity contribution in [1.82, 2.24) is 20.0 Å². The van der Waals surface area contributed by atoms with Crippen LogP contribution in [0.25, 0.3) is 0 Å². The van der Waals surface area contributed by atoms with Crippen LogP contribution >= 0.6 is 0 Å². The van der Waals surface area contributed by atoms with Crippen molar-refractivity contribution in [1.29, 1.82) is 0 Å². The molecule has 0 aliphatic carbocycles. The molecular formula is C15H28N4O. The molecule has 1 aliphatic rings. The highest BCUT2D eigenvalue weighted by Crippen LogP contribution is 2.31. The minimum atomic E-state index is -0.00584. The van der Waals surface area contributed by atoms with E-state index in [4.69, 9.17) is 0 Å². The molecule has 0 amide bonds. The van der Waals surface area contributed by atoms with Crippen LogP contribution < -0.4 is 5.32 Å². The Morgan fingerprint density at radius 2 is 2.10 bits per heavy atom. The third-order valence-electron chi connectivity index (χ3n) is 3.91. The third kappa shape index (κ3) is 3.40. The van der Waals surface area contributed by atoms with Gasteiger partial charge in [0.25, 0.3) is 0 Å². The van der Waals surface area contributed by atoms with E-state index in [1.165, 1.54) is 5.56 Å². The number of nitrogens with zero attached hydrogens (tertiary/aromatic N) is 3. The molecule has 2 N–H and O–H groups in total. The predicted molar refractivity (Wildman–Crippen MR) is 80.8 cm³/mol. The summed E-state index contributed by atoms with van der Waals surface area (Å²) in [7, 11) is 1.96. The standard InChI is InChI=1S/C15H28N4O/c1-15(2,3)14-12(10-18(4)17-14)13(11-20)19-8-5-6-16-7-9-19/h10,13,16,20H,5-9,11H2,1-4H3.